The van der Waals surface area contributed by atoms with Crippen molar-refractivity contribution in [2.24, 2.45) is 7.05 Å². The normalized spacial score (nSPS) is 14.1. The Bertz CT molecular complexity index is 1530. The van der Waals surface area contributed by atoms with Crippen molar-refractivity contribution in [1.82, 2.24) is 14.5 Å². The van der Waals surface area contributed by atoms with Crippen LogP contribution >= 0.6 is 0 Å². The summed E-state index contributed by atoms with van der Waals surface area (Å²) in [5, 5.41) is 14.2. The predicted molar refractivity (Wildman–Crippen MR) is 133 cm³/mol. The van der Waals surface area contributed by atoms with Crippen LogP contribution in [0.25, 0.3) is 27.9 Å². The molecule has 7 heteroatoms. The van der Waals surface area contributed by atoms with Gasteiger partial charge in [0.05, 0.1) is 11.2 Å². The van der Waals surface area contributed by atoms with Crippen LogP contribution < -0.4 is 11.0 Å². The molecule has 4 aromatic rings. The molecule has 0 bridgehead atoms. The molecule has 0 atom stereocenters. The second kappa shape index (κ2) is 8.27. The van der Waals surface area contributed by atoms with Gasteiger partial charge in [0.25, 0.3) is 0 Å². The Morgan fingerprint density at radius 3 is 2.29 bits per heavy atom. The Kier molecular flexibility index (Phi) is 5.35. The number of nitrogens with one attached hydrogen (secondary N) is 1. The van der Waals surface area contributed by atoms with Gasteiger partial charge >= 0.3 is 5.69 Å². The molecule has 1 amide bonds. The van der Waals surface area contributed by atoms with Gasteiger partial charge < -0.3 is 15.0 Å². The number of aromatic hydroxyl groups is 1. The third kappa shape index (κ3) is 4.03. The van der Waals surface area contributed by atoms with E-state index in [1.54, 1.807) is 36.1 Å². The first-order chi connectivity index (χ1) is 16.7. The van der Waals surface area contributed by atoms with E-state index in [0.717, 1.165) is 29.7 Å². The highest BCUT2D eigenvalue weighted by Gasteiger charge is 2.45. The number of imidazole rings is 1. The maximum atomic E-state index is 14.8. The average molecular weight is 472 g/mol. The number of carbonyl (C=O) groups is 1. The molecule has 2 N–H and O–H groups in total. The molecule has 1 aliphatic rings. The van der Waals surface area contributed by atoms with Crippen molar-refractivity contribution in [1.29, 1.82) is 0 Å². The van der Waals surface area contributed by atoms with Gasteiger partial charge in [0.15, 0.2) is 0 Å². The van der Waals surface area contributed by atoms with E-state index in [4.69, 9.17) is 0 Å². The fourth-order valence-corrected chi connectivity index (χ4v) is 4.71. The summed E-state index contributed by atoms with van der Waals surface area (Å²) in [6.45, 7) is 3.37. The minimum absolute atomic E-state index is 0.0306. The molecule has 0 radical (unpaired) electrons. The van der Waals surface area contributed by atoms with Gasteiger partial charge in [-0.05, 0) is 72.4 Å². The van der Waals surface area contributed by atoms with Gasteiger partial charge in [-0.15, -0.1) is 0 Å². The molecular formula is C28H26FN3O3. The van der Waals surface area contributed by atoms with Crippen LogP contribution in [0.15, 0.2) is 71.8 Å². The number of phenolic OH excluding ortho intramolecular Hbond substituents is 1. The summed E-state index contributed by atoms with van der Waals surface area (Å²) in [5.41, 5.74) is 3.96. The van der Waals surface area contributed by atoms with E-state index in [1.165, 1.54) is 23.6 Å². The SMILES string of the molecule is CC(=O)NC1(c2cccc(-c3cc(F)cc(-c4ccc(-n5ccn(C)c5=O)c(C)c4)c3O)c2)CC1. The molecule has 35 heavy (non-hydrogen) atoms. The summed E-state index contributed by atoms with van der Waals surface area (Å²) in [6, 6.07) is 15.5. The first-order valence-electron chi connectivity index (χ1n) is 11.5. The zero-order valence-electron chi connectivity index (χ0n) is 19.8. The summed E-state index contributed by atoms with van der Waals surface area (Å²) in [5.74, 6) is -0.598. The largest absolute Gasteiger partial charge is 0.507 e. The minimum Gasteiger partial charge on any atom is -0.507 e. The molecule has 0 aliphatic heterocycles. The minimum atomic E-state index is -0.470. The molecule has 178 valence electrons. The van der Waals surface area contributed by atoms with Gasteiger partial charge in [-0.1, -0.05) is 24.3 Å². The summed E-state index contributed by atoms with van der Waals surface area (Å²) in [7, 11) is 1.69. The van der Waals surface area contributed by atoms with Crippen molar-refractivity contribution in [2.45, 2.75) is 32.2 Å². The number of benzene rings is 3. The van der Waals surface area contributed by atoms with E-state index in [2.05, 4.69) is 5.32 Å². The van der Waals surface area contributed by atoms with Gasteiger partial charge in [0.1, 0.15) is 11.6 Å². The summed E-state index contributed by atoms with van der Waals surface area (Å²) in [4.78, 5) is 24.0. The van der Waals surface area contributed by atoms with Crippen molar-refractivity contribution in [2.75, 3.05) is 0 Å². The van der Waals surface area contributed by atoms with Crippen LogP contribution in [0.4, 0.5) is 4.39 Å². The predicted octanol–water partition coefficient (Wildman–Crippen LogP) is 4.79. The molecule has 1 saturated carbocycles. The standard InChI is InChI=1S/C28H26FN3O3/c1-17-13-20(7-8-25(17)32-12-11-31(3)27(32)35)24-16-22(29)15-23(26(24)34)19-5-4-6-21(14-19)28(9-10-28)30-18(2)33/h4-8,11-16,34H,9-10H2,1-3H3,(H,30,33). The van der Waals surface area contributed by atoms with Crippen molar-refractivity contribution >= 4 is 5.91 Å². The number of rotatable bonds is 5. The lowest BCUT2D eigenvalue weighted by molar-refractivity contribution is -0.120. The molecule has 0 spiro atoms. The second-order valence-electron chi connectivity index (χ2n) is 9.26. The molecule has 6 nitrogen and oxygen atoms in total. The Balaban J connectivity index is 1.56. The maximum absolute atomic E-state index is 14.8. The summed E-state index contributed by atoms with van der Waals surface area (Å²) in [6.07, 6.45) is 5.06. The number of aryl methyl sites for hydroxylation is 2. The number of nitrogens with zero attached hydrogens (tertiary/aromatic N) is 2. The molecule has 1 aliphatic carbocycles. The van der Waals surface area contributed by atoms with E-state index < -0.39 is 11.4 Å². The van der Waals surface area contributed by atoms with Gasteiger partial charge in [0.2, 0.25) is 5.91 Å². The van der Waals surface area contributed by atoms with Gasteiger partial charge in [-0.2, -0.15) is 0 Å². The fourth-order valence-electron chi connectivity index (χ4n) is 4.71. The topological polar surface area (TPSA) is 76.3 Å². The van der Waals surface area contributed by atoms with Crippen molar-refractivity contribution in [3.8, 4) is 33.7 Å². The zero-order valence-corrected chi connectivity index (χ0v) is 19.8. The molecular weight excluding hydrogens is 445 g/mol. The molecule has 0 unspecified atom stereocenters. The van der Waals surface area contributed by atoms with Crippen LogP contribution in [-0.2, 0) is 17.4 Å². The molecule has 3 aromatic carbocycles. The molecule has 1 heterocycles. The fraction of sp³-hybridized carbons (Fsp3) is 0.214. The molecule has 1 fully saturated rings. The Morgan fingerprint density at radius 2 is 1.71 bits per heavy atom. The van der Waals surface area contributed by atoms with Crippen molar-refractivity contribution in [3.05, 3.63) is 94.4 Å². The summed E-state index contributed by atoms with van der Waals surface area (Å²) < 4.78 is 17.8. The van der Waals surface area contributed by atoms with Crippen LogP contribution in [-0.4, -0.2) is 20.1 Å². The Morgan fingerprint density at radius 1 is 1.03 bits per heavy atom. The zero-order chi connectivity index (χ0) is 24.9. The number of hydrogen-bond acceptors (Lipinski definition) is 3. The van der Waals surface area contributed by atoms with Crippen LogP contribution in [0.3, 0.4) is 0 Å². The number of hydrogen-bond donors (Lipinski definition) is 2. The van der Waals surface area contributed by atoms with E-state index in [9.17, 15) is 19.1 Å². The first kappa shape index (κ1) is 22.7. The smallest absolute Gasteiger partial charge is 0.332 e. The average Bonchev–Trinajstić information content (AvgIpc) is 3.53. The van der Waals surface area contributed by atoms with Gasteiger partial charge in [-0.25, -0.2) is 9.18 Å². The van der Waals surface area contributed by atoms with Crippen molar-refractivity contribution < 1.29 is 14.3 Å². The van der Waals surface area contributed by atoms with Crippen LogP contribution in [0, 0.1) is 12.7 Å². The highest BCUT2D eigenvalue weighted by Crippen LogP contribution is 2.47. The third-order valence-corrected chi connectivity index (χ3v) is 6.68. The molecule has 1 aromatic heterocycles. The van der Waals surface area contributed by atoms with Crippen molar-refractivity contribution in [3.63, 3.8) is 0 Å². The van der Waals surface area contributed by atoms with E-state index in [1.807, 2.05) is 37.3 Å². The van der Waals surface area contributed by atoms with Crippen LogP contribution in [0.1, 0.15) is 30.9 Å². The number of aromatic nitrogens is 2. The van der Waals surface area contributed by atoms with E-state index >= 15 is 0 Å². The van der Waals surface area contributed by atoms with Crippen LogP contribution in [0.2, 0.25) is 0 Å². The lowest BCUT2D eigenvalue weighted by atomic mass is 9.93. The number of phenols is 1. The molecule has 0 saturated heterocycles. The lowest BCUT2D eigenvalue weighted by Gasteiger charge is -2.18. The quantitative estimate of drug-likeness (QED) is 0.440. The highest BCUT2D eigenvalue weighted by molar-refractivity contribution is 5.83. The third-order valence-electron chi connectivity index (χ3n) is 6.68. The van der Waals surface area contributed by atoms with Crippen LogP contribution in [0.5, 0.6) is 5.75 Å². The lowest BCUT2D eigenvalue weighted by Crippen LogP contribution is -2.32. The maximum Gasteiger partial charge on any atom is 0.332 e. The number of halogens is 1. The Labute approximate surface area is 202 Å². The molecule has 5 rings (SSSR count). The monoisotopic (exact) mass is 471 g/mol. The summed E-state index contributed by atoms with van der Waals surface area (Å²) >= 11 is 0. The van der Waals surface area contributed by atoms with E-state index in [-0.39, 0.29) is 17.3 Å². The van der Waals surface area contributed by atoms with Gasteiger partial charge in [-0.3, -0.25) is 9.36 Å². The second-order valence-corrected chi connectivity index (χ2v) is 9.26. The highest BCUT2D eigenvalue weighted by atomic mass is 19.1. The van der Waals surface area contributed by atoms with E-state index in [0.29, 0.717) is 22.3 Å². The Hall–Kier alpha value is -4.13. The number of carbonyl (C=O) groups excluding carboxylic acids is 1. The first-order valence-corrected chi connectivity index (χ1v) is 11.5. The van der Waals surface area contributed by atoms with Gasteiger partial charge in [0, 0.05) is 37.5 Å². The number of amides is 1.